The van der Waals surface area contributed by atoms with Crippen LogP contribution in [-0.2, 0) is 13.1 Å². The first-order valence-electron chi connectivity index (χ1n) is 14.0. The number of fused-ring (bicyclic) bond motifs is 1. The molecule has 9 nitrogen and oxygen atoms in total. The summed E-state index contributed by atoms with van der Waals surface area (Å²) in [4.78, 5) is 18.6. The van der Waals surface area contributed by atoms with Crippen molar-refractivity contribution < 1.29 is 9.47 Å². The van der Waals surface area contributed by atoms with E-state index in [0.29, 0.717) is 31.3 Å². The van der Waals surface area contributed by atoms with E-state index in [1.807, 2.05) is 48.0 Å². The van der Waals surface area contributed by atoms with Crippen molar-refractivity contribution in [1.29, 1.82) is 0 Å². The van der Waals surface area contributed by atoms with E-state index in [4.69, 9.17) is 9.47 Å². The fourth-order valence-electron chi connectivity index (χ4n) is 5.67. The van der Waals surface area contributed by atoms with Gasteiger partial charge in [-0.15, -0.1) is 5.10 Å². The number of nitrogens with zero attached hydrogens (tertiary/aromatic N) is 5. The summed E-state index contributed by atoms with van der Waals surface area (Å²) in [6.07, 6.45) is 6.67. The van der Waals surface area contributed by atoms with Crippen LogP contribution >= 0.6 is 0 Å². The number of aromatic amines is 1. The second-order valence-corrected chi connectivity index (χ2v) is 10.3. The van der Waals surface area contributed by atoms with Crippen molar-refractivity contribution in [2.75, 3.05) is 13.7 Å². The van der Waals surface area contributed by atoms with Crippen molar-refractivity contribution >= 4 is 10.9 Å². The molecule has 0 aliphatic heterocycles. The predicted molar refractivity (Wildman–Crippen MR) is 151 cm³/mol. The summed E-state index contributed by atoms with van der Waals surface area (Å²) in [5, 5.41) is 14.0. The Labute approximate surface area is 229 Å². The van der Waals surface area contributed by atoms with Gasteiger partial charge in [-0.2, -0.15) is 0 Å². The van der Waals surface area contributed by atoms with Gasteiger partial charge in [-0.25, -0.2) is 4.68 Å². The molecular weight excluding hydrogens is 492 g/mol. The lowest BCUT2D eigenvalue weighted by Gasteiger charge is -2.32. The third-order valence-corrected chi connectivity index (χ3v) is 7.69. The summed E-state index contributed by atoms with van der Waals surface area (Å²) in [5.41, 5.74) is 2.52. The molecule has 2 aromatic heterocycles. The van der Waals surface area contributed by atoms with E-state index in [9.17, 15) is 4.79 Å². The van der Waals surface area contributed by atoms with Crippen LogP contribution in [0.5, 0.6) is 11.5 Å². The molecule has 5 rings (SSSR count). The molecule has 4 aromatic rings. The number of aromatic nitrogens is 5. The van der Waals surface area contributed by atoms with Gasteiger partial charge in [0.1, 0.15) is 11.5 Å². The molecule has 2 aromatic carbocycles. The van der Waals surface area contributed by atoms with E-state index >= 15 is 0 Å². The normalized spacial score (nSPS) is 15.1. The molecule has 0 bridgehead atoms. The van der Waals surface area contributed by atoms with Crippen LogP contribution in [0.4, 0.5) is 0 Å². The minimum Gasteiger partial charge on any atom is -0.497 e. The van der Waals surface area contributed by atoms with Crippen LogP contribution in [-0.4, -0.2) is 43.8 Å². The van der Waals surface area contributed by atoms with Gasteiger partial charge in [0.25, 0.3) is 5.56 Å². The smallest absolute Gasteiger partial charge is 0.252 e. The van der Waals surface area contributed by atoms with Gasteiger partial charge in [-0.3, -0.25) is 9.69 Å². The van der Waals surface area contributed by atoms with Crippen molar-refractivity contribution in [1.82, 2.24) is 30.1 Å². The highest BCUT2D eigenvalue weighted by Gasteiger charge is 2.29. The SMILES string of the molecule is CCOc1ccc2[nH]c(=O)c(CN(Cc3ccc(OC)cc3)[C@@H](CC)c3nnnn3C3CCCCC3)cc2c1. The van der Waals surface area contributed by atoms with Gasteiger partial charge in [0.05, 0.1) is 25.8 Å². The summed E-state index contributed by atoms with van der Waals surface area (Å²) < 4.78 is 13.1. The summed E-state index contributed by atoms with van der Waals surface area (Å²) in [5.74, 6) is 2.47. The molecule has 0 radical (unpaired) electrons. The van der Waals surface area contributed by atoms with Crippen molar-refractivity contribution in [2.45, 2.75) is 77.5 Å². The molecule has 39 heavy (non-hydrogen) atoms. The number of tetrazole rings is 1. The molecule has 0 saturated heterocycles. The molecule has 2 heterocycles. The zero-order valence-electron chi connectivity index (χ0n) is 23.1. The standard InChI is InChI=1S/C30H38N6O3/c1-4-28(29-32-33-34-36(29)24-9-7-6-8-10-24)35(19-21-11-13-25(38-3)14-12-21)20-23-17-22-18-26(39-5-2)15-16-27(22)31-30(23)37/h11-18,24,28H,4-10,19-20H2,1-3H3,(H,31,37)/t28-/m0/s1. The van der Waals surface area contributed by atoms with Crippen LogP contribution in [0.3, 0.4) is 0 Å². The monoisotopic (exact) mass is 530 g/mol. The molecule has 1 fully saturated rings. The summed E-state index contributed by atoms with van der Waals surface area (Å²) in [6, 6.07) is 16.1. The molecule has 0 unspecified atom stereocenters. The number of methoxy groups -OCH3 is 1. The minimum absolute atomic E-state index is 0.0612. The lowest BCUT2D eigenvalue weighted by atomic mass is 9.95. The Morgan fingerprint density at radius 2 is 1.79 bits per heavy atom. The zero-order chi connectivity index (χ0) is 27.2. The molecule has 1 aliphatic carbocycles. The number of hydrogen-bond donors (Lipinski definition) is 1. The number of rotatable bonds is 11. The predicted octanol–water partition coefficient (Wildman–Crippen LogP) is 5.58. The topological polar surface area (TPSA) is 98.2 Å². The van der Waals surface area contributed by atoms with Crippen LogP contribution in [0.15, 0.2) is 53.3 Å². The number of nitrogens with one attached hydrogen (secondary N) is 1. The molecule has 1 aliphatic rings. The average Bonchev–Trinajstić information content (AvgIpc) is 3.44. The Bertz CT molecular complexity index is 1420. The maximum absolute atomic E-state index is 13.3. The molecule has 0 amide bonds. The second kappa shape index (κ2) is 12.4. The van der Waals surface area contributed by atoms with E-state index in [1.54, 1.807) is 7.11 Å². The first-order chi connectivity index (χ1) is 19.1. The zero-order valence-corrected chi connectivity index (χ0v) is 23.1. The Balaban J connectivity index is 1.51. The highest BCUT2D eigenvalue weighted by Crippen LogP contribution is 2.33. The lowest BCUT2D eigenvalue weighted by molar-refractivity contribution is 0.155. The van der Waals surface area contributed by atoms with E-state index in [2.05, 4.69) is 44.5 Å². The van der Waals surface area contributed by atoms with E-state index in [0.717, 1.165) is 53.1 Å². The fourth-order valence-corrected chi connectivity index (χ4v) is 5.67. The second-order valence-electron chi connectivity index (χ2n) is 10.3. The molecule has 0 spiro atoms. The van der Waals surface area contributed by atoms with Gasteiger partial charge in [0.2, 0.25) is 0 Å². The van der Waals surface area contributed by atoms with Gasteiger partial charge in [0, 0.05) is 29.6 Å². The number of pyridine rings is 1. The first-order valence-corrected chi connectivity index (χ1v) is 14.0. The Hall–Kier alpha value is -3.72. The average molecular weight is 531 g/mol. The van der Waals surface area contributed by atoms with Crippen LogP contribution in [0.2, 0.25) is 0 Å². The Kier molecular flexibility index (Phi) is 8.56. The highest BCUT2D eigenvalue weighted by atomic mass is 16.5. The molecular formula is C30H38N6O3. The fraction of sp³-hybridized carbons (Fsp3) is 0.467. The van der Waals surface area contributed by atoms with Gasteiger partial charge in [-0.05, 0) is 78.6 Å². The van der Waals surface area contributed by atoms with E-state index in [1.165, 1.54) is 19.3 Å². The number of H-pyrrole nitrogens is 1. The quantitative estimate of drug-likeness (QED) is 0.270. The van der Waals surface area contributed by atoms with Crippen molar-refractivity contribution in [3.63, 3.8) is 0 Å². The minimum atomic E-state index is -0.0897. The van der Waals surface area contributed by atoms with Gasteiger partial charge in [0.15, 0.2) is 5.82 Å². The molecule has 206 valence electrons. The van der Waals surface area contributed by atoms with E-state index in [-0.39, 0.29) is 11.6 Å². The van der Waals surface area contributed by atoms with Crippen molar-refractivity contribution in [3.8, 4) is 11.5 Å². The van der Waals surface area contributed by atoms with Crippen LogP contribution in [0.1, 0.15) is 81.4 Å². The Morgan fingerprint density at radius 1 is 1.03 bits per heavy atom. The maximum atomic E-state index is 13.3. The largest absolute Gasteiger partial charge is 0.497 e. The first kappa shape index (κ1) is 26.9. The summed E-state index contributed by atoms with van der Waals surface area (Å²) in [7, 11) is 1.67. The van der Waals surface area contributed by atoms with Gasteiger partial charge >= 0.3 is 0 Å². The molecule has 1 atom stereocenters. The number of ether oxygens (including phenoxy) is 2. The van der Waals surface area contributed by atoms with E-state index < -0.39 is 0 Å². The van der Waals surface area contributed by atoms with Gasteiger partial charge < -0.3 is 14.5 Å². The maximum Gasteiger partial charge on any atom is 0.252 e. The molecule has 1 N–H and O–H groups in total. The summed E-state index contributed by atoms with van der Waals surface area (Å²) in [6.45, 7) is 5.80. The summed E-state index contributed by atoms with van der Waals surface area (Å²) >= 11 is 0. The van der Waals surface area contributed by atoms with Gasteiger partial charge in [-0.1, -0.05) is 38.3 Å². The van der Waals surface area contributed by atoms with Crippen LogP contribution in [0, 0.1) is 0 Å². The lowest BCUT2D eigenvalue weighted by Crippen LogP contribution is -2.33. The van der Waals surface area contributed by atoms with Crippen molar-refractivity contribution in [2.24, 2.45) is 0 Å². The highest BCUT2D eigenvalue weighted by molar-refractivity contribution is 5.80. The Morgan fingerprint density at radius 3 is 2.51 bits per heavy atom. The van der Waals surface area contributed by atoms with Crippen LogP contribution in [0.25, 0.3) is 10.9 Å². The third kappa shape index (κ3) is 6.14. The molecule has 1 saturated carbocycles. The number of hydrogen-bond acceptors (Lipinski definition) is 7. The number of benzene rings is 2. The van der Waals surface area contributed by atoms with Crippen molar-refractivity contribution in [3.05, 3.63) is 75.8 Å². The third-order valence-electron chi connectivity index (χ3n) is 7.69. The van der Waals surface area contributed by atoms with Crippen LogP contribution < -0.4 is 15.0 Å². The molecule has 9 heteroatoms.